The van der Waals surface area contributed by atoms with E-state index in [-0.39, 0.29) is 17.3 Å². The minimum Gasteiger partial charge on any atom is -0.387 e. The highest BCUT2D eigenvalue weighted by Crippen LogP contribution is 2.68. The van der Waals surface area contributed by atoms with Crippen LogP contribution in [-0.4, -0.2) is 29.2 Å². The third-order valence-electron chi connectivity index (χ3n) is 9.87. The smallest absolute Gasteiger partial charge is 0.387 e. The molecule has 0 aromatic heterocycles. The van der Waals surface area contributed by atoms with Crippen molar-refractivity contribution in [1.29, 1.82) is 0 Å². The molecule has 3 aliphatic carbocycles. The molecule has 4 rings (SSSR count). The van der Waals surface area contributed by atoms with Crippen molar-refractivity contribution in [3.63, 3.8) is 0 Å². The normalized spacial score (nSPS) is 30.8. The van der Waals surface area contributed by atoms with Crippen molar-refractivity contribution in [2.24, 2.45) is 16.7 Å². The molecule has 1 aromatic carbocycles. The van der Waals surface area contributed by atoms with Crippen molar-refractivity contribution in [1.82, 2.24) is 0 Å². The number of unbranched alkanes of at least 4 members (excludes halogenated alkanes) is 3. The van der Waals surface area contributed by atoms with E-state index in [1.165, 1.54) is 24.0 Å². The average Bonchev–Trinajstić information content (AvgIpc) is 3.29. The fourth-order valence-electron chi connectivity index (χ4n) is 8.03. The lowest BCUT2D eigenvalue weighted by Crippen LogP contribution is -2.57. The largest absolute Gasteiger partial charge is 0.459 e. The maximum atomic E-state index is 13.6. The molecule has 0 heterocycles. The maximum absolute atomic E-state index is 13.6. The zero-order chi connectivity index (χ0) is 27.1. The van der Waals surface area contributed by atoms with E-state index in [1.54, 1.807) is 0 Å². The molecule has 0 spiro atoms. The van der Waals surface area contributed by atoms with Crippen LogP contribution in [0.5, 0.6) is 0 Å². The Balaban J connectivity index is 1.32. The molecular weight excluding hydrogens is 497 g/mol. The van der Waals surface area contributed by atoms with Crippen molar-refractivity contribution in [2.45, 2.75) is 114 Å². The Morgan fingerprint density at radius 1 is 0.946 bits per heavy atom. The molecule has 0 saturated heterocycles. The monoisotopic (exact) mass is 534 g/mol. The van der Waals surface area contributed by atoms with Crippen LogP contribution in [0.1, 0.15) is 94.1 Å². The molecule has 2 fully saturated rings. The zero-order valence-corrected chi connectivity index (χ0v) is 21.1. The summed E-state index contributed by atoms with van der Waals surface area (Å²) < 4.78 is 90.6. The third-order valence-corrected chi connectivity index (χ3v) is 9.87. The molecule has 1 N–H and O–H groups in total. The fourth-order valence-corrected chi connectivity index (χ4v) is 8.03. The second-order valence-corrected chi connectivity index (χ2v) is 11.6. The maximum Gasteiger partial charge on any atom is 0.459 e. The van der Waals surface area contributed by atoms with Crippen LogP contribution in [0.3, 0.4) is 0 Å². The molecule has 208 valence electrons. The van der Waals surface area contributed by atoms with Crippen LogP contribution in [0, 0.1) is 16.7 Å². The zero-order valence-electron chi connectivity index (χ0n) is 21.1. The van der Waals surface area contributed by atoms with E-state index < -0.39 is 30.5 Å². The van der Waals surface area contributed by atoms with Crippen LogP contribution in [0.15, 0.2) is 36.9 Å². The lowest BCUT2D eigenvalue weighted by molar-refractivity contribution is -0.371. The number of allylic oxidation sites excluding steroid dienone is 1. The number of rotatable bonds is 10. The van der Waals surface area contributed by atoms with Crippen molar-refractivity contribution < 1.29 is 35.8 Å². The predicted octanol–water partition coefficient (Wildman–Crippen LogP) is 9.00. The lowest BCUT2D eigenvalue weighted by Gasteiger charge is -2.58. The Morgan fingerprint density at radius 3 is 2.35 bits per heavy atom. The molecule has 0 radical (unpaired) electrons. The third kappa shape index (κ3) is 4.74. The van der Waals surface area contributed by atoms with Crippen LogP contribution in [-0.2, 0) is 6.42 Å². The van der Waals surface area contributed by atoms with Gasteiger partial charge in [-0.25, -0.2) is 0 Å². The van der Waals surface area contributed by atoms with Gasteiger partial charge in [0.1, 0.15) is 6.10 Å². The summed E-state index contributed by atoms with van der Waals surface area (Å²) in [6.45, 7) is 4.30. The van der Waals surface area contributed by atoms with Gasteiger partial charge >= 0.3 is 18.0 Å². The minimum atomic E-state index is -6.42. The topological polar surface area (TPSA) is 20.2 Å². The summed E-state index contributed by atoms with van der Waals surface area (Å²) in [5.74, 6) is -10.8. The quantitative estimate of drug-likeness (QED) is 0.180. The summed E-state index contributed by atoms with van der Waals surface area (Å²) in [6.07, 6.45) is 2.69. The van der Waals surface area contributed by atoms with Gasteiger partial charge in [-0.3, -0.25) is 0 Å². The molecule has 2 saturated carbocycles. The first-order chi connectivity index (χ1) is 17.3. The Morgan fingerprint density at radius 2 is 1.65 bits per heavy atom. The predicted molar refractivity (Wildman–Crippen MR) is 129 cm³/mol. The van der Waals surface area contributed by atoms with Gasteiger partial charge in [0.25, 0.3) is 0 Å². The van der Waals surface area contributed by atoms with Crippen LogP contribution in [0.4, 0.5) is 30.7 Å². The Hall–Kier alpha value is -1.57. The summed E-state index contributed by atoms with van der Waals surface area (Å²) in [6, 6.07) is 8.72. The van der Waals surface area contributed by atoms with Crippen LogP contribution < -0.4 is 0 Å². The number of benzene rings is 1. The molecule has 3 aliphatic rings. The van der Waals surface area contributed by atoms with E-state index in [0.717, 1.165) is 44.9 Å². The van der Waals surface area contributed by atoms with Crippen LogP contribution in [0.25, 0.3) is 0 Å². The number of halogens is 7. The highest BCUT2D eigenvalue weighted by molar-refractivity contribution is 5.38. The molecule has 0 bridgehead atoms. The van der Waals surface area contributed by atoms with E-state index in [2.05, 4.69) is 36.9 Å². The van der Waals surface area contributed by atoms with E-state index >= 15 is 0 Å². The van der Waals surface area contributed by atoms with Gasteiger partial charge < -0.3 is 5.11 Å². The highest BCUT2D eigenvalue weighted by atomic mass is 19.4. The number of hydrogen-bond acceptors (Lipinski definition) is 1. The summed E-state index contributed by atoms with van der Waals surface area (Å²) in [4.78, 5) is 0. The number of alkyl halides is 7. The molecule has 0 amide bonds. The van der Waals surface area contributed by atoms with Gasteiger partial charge in [0.2, 0.25) is 0 Å². The highest BCUT2D eigenvalue weighted by Gasteiger charge is 2.75. The van der Waals surface area contributed by atoms with Gasteiger partial charge in [0.05, 0.1) is 0 Å². The second-order valence-electron chi connectivity index (χ2n) is 11.6. The van der Waals surface area contributed by atoms with Gasteiger partial charge in [-0.1, -0.05) is 62.4 Å². The van der Waals surface area contributed by atoms with Crippen molar-refractivity contribution in [3.05, 3.63) is 48.0 Å². The number of fused-ring (bicyclic) bond motifs is 5. The molecule has 37 heavy (non-hydrogen) atoms. The fraction of sp³-hybridized carbons (Fsp3) is 0.724. The molecule has 1 unspecified atom stereocenters. The molecule has 1 nitrogen and oxygen atoms in total. The first-order valence-electron chi connectivity index (χ1n) is 13.5. The van der Waals surface area contributed by atoms with E-state index in [4.69, 9.17) is 0 Å². The number of hydrogen-bond donors (Lipinski definition) is 1. The van der Waals surface area contributed by atoms with E-state index in [1.807, 2.05) is 0 Å². The van der Waals surface area contributed by atoms with Gasteiger partial charge in [-0.15, -0.1) is 6.58 Å². The minimum absolute atomic E-state index is 0.0312. The number of aliphatic hydroxyl groups is 1. The number of aliphatic hydroxyl groups excluding tert-OH is 1. The molecule has 5 atom stereocenters. The van der Waals surface area contributed by atoms with E-state index in [0.29, 0.717) is 24.7 Å². The molecule has 1 aromatic rings. The Labute approximate surface area is 214 Å². The first kappa shape index (κ1) is 28.4. The Bertz CT molecular complexity index is 958. The lowest BCUT2D eigenvalue weighted by atomic mass is 9.46. The van der Waals surface area contributed by atoms with Gasteiger partial charge in [-0.05, 0) is 85.2 Å². The summed E-state index contributed by atoms with van der Waals surface area (Å²) >= 11 is 0. The second kappa shape index (κ2) is 10.2. The van der Waals surface area contributed by atoms with Crippen molar-refractivity contribution in [3.8, 4) is 0 Å². The van der Waals surface area contributed by atoms with Crippen LogP contribution in [0.2, 0.25) is 0 Å². The first-order valence-corrected chi connectivity index (χ1v) is 13.5. The van der Waals surface area contributed by atoms with Crippen molar-refractivity contribution in [2.75, 3.05) is 0 Å². The van der Waals surface area contributed by atoms with Gasteiger partial charge in [0.15, 0.2) is 0 Å². The molecular formula is C29H37F7O. The average molecular weight is 535 g/mol. The van der Waals surface area contributed by atoms with Crippen LogP contribution >= 0.6 is 0 Å². The van der Waals surface area contributed by atoms with Gasteiger partial charge in [-0.2, -0.15) is 30.7 Å². The molecule has 8 heteroatoms. The van der Waals surface area contributed by atoms with E-state index in [9.17, 15) is 35.8 Å². The summed E-state index contributed by atoms with van der Waals surface area (Å²) in [5, 5.41) is 9.45. The Kier molecular flexibility index (Phi) is 7.84. The van der Waals surface area contributed by atoms with Crippen molar-refractivity contribution >= 4 is 0 Å². The van der Waals surface area contributed by atoms with Gasteiger partial charge in [0, 0.05) is 0 Å². The summed E-state index contributed by atoms with van der Waals surface area (Å²) in [7, 11) is 0. The number of aryl methyl sites for hydroxylation is 1. The summed E-state index contributed by atoms with van der Waals surface area (Å²) in [5.41, 5.74) is 3.18. The standard InChI is InChI=1S/C29H37F7O/c1-2-26-19-14-20-10-6-7-11-21(20)22(26)15-18-25(17-9-12-23(25)26)16-8-4-3-5-13-24(37)27(30,31)28(32,33)29(34,35)36/h2,6-7,10-11,22-24,37H,1,3-5,8-9,12-19H2/t22-,23-,24?,25+,26-/m1/s1. The molecule has 0 aliphatic heterocycles. The SMILES string of the molecule is C=C[C@@]12CCc3ccccc3[C@H]1CC[C@]1(CCCCCCC(O)C(F)(F)C(F)(F)C(F)(F)F)CCC[C@H]12.